The molecule has 0 bridgehead atoms. The highest BCUT2D eigenvalue weighted by Gasteiger charge is 1.98. The van der Waals surface area contributed by atoms with E-state index in [1.165, 1.54) is 12.4 Å². The zero-order chi connectivity index (χ0) is 8.39. The predicted molar refractivity (Wildman–Crippen MR) is 48.2 cm³/mol. The van der Waals surface area contributed by atoms with Crippen molar-refractivity contribution in [3.05, 3.63) is 39.6 Å². The third kappa shape index (κ3) is 1.29. The smallest absolute Gasteiger partial charge is 0.251 e. The number of rotatable bonds is 1. The monoisotopic (exact) mass is 178 g/mol. The van der Waals surface area contributed by atoms with Crippen LogP contribution in [0.1, 0.15) is 0 Å². The molecule has 0 saturated heterocycles. The summed E-state index contributed by atoms with van der Waals surface area (Å²) in [6.45, 7) is 0. The molecule has 0 spiro atoms. The Labute approximate surface area is 72.7 Å². The zero-order valence-corrected chi connectivity index (χ0v) is 6.97. The lowest BCUT2D eigenvalue weighted by atomic mass is 10.2. The second kappa shape index (κ2) is 2.91. The van der Waals surface area contributed by atoms with Crippen LogP contribution in [0.3, 0.4) is 0 Å². The molecule has 0 unspecified atom stereocenters. The van der Waals surface area contributed by atoms with E-state index in [0.717, 1.165) is 11.3 Å². The van der Waals surface area contributed by atoms with Crippen molar-refractivity contribution in [2.24, 2.45) is 0 Å². The molecule has 0 saturated carbocycles. The van der Waals surface area contributed by atoms with Crippen molar-refractivity contribution in [3.63, 3.8) is 0 Å². The quantitative estimate of drug-likeness (QED) is 0.719. The van der Waals surface area contributed by atoms with E-state index >= 15 is 0 Å². The summed E-state index contributed by atoms with van der Waals surface area (Å²) in [6, 6.07) is 3.43. The van der Waals surface area contributed by atoms with E-state index in [9.17, 15) is 4.79 Å². The number of hydrogen-bond acceptors (Lipinski definition) is 3. The average molecular weight is 178 g/mol. The molecule has 0 aliphatic carbocycles. The molecule has 0 aliphatic heterocycles. The fourth-order valence-corrected chi connectivity index (χ4v) is 1.59. The Hall–Kier alpha value is -1.42. The third-order valence-electron chi connectivity index (χ3n) is 1.50. The van der Waals surface area contributed by atoms with E-state index in [2.05, 4.69) is 9.97 Å². The molecule has 3 nitrogen and oxygen atoms in total. The minimum Gasteiger partial charge on any atom is -0.313 e. The molecule has 0 radical (unpaired) electrons. The molecule has 2 aromatic rings. The van der Waals surface area contributed by atoms with Gasteiger partial charge in [0.25, 0.3) is 5.56 Å². The first kappa shape index (κ1) is 7.24. The molecule has 2 rings (SSSR count). The highest BCUT2D eigenvalue weighted by molar-refractivity contribution is 7.08. The Morgan fingerprint density at radius 1 is 1.50 bits per heavy atom. The summed E-state index contributed by atoms with van der Waals surface area (Å²) in [6.07, 6.45) is 1.41. The Kier molecular flexibility index (Phi) is 1.75. The maximum Gasteiger partial charge on any atom is 0.251 e. The van der Waals surface area contributed by atoms with Gasteiger partial charge in [0.15, 0.2) is 0 Å². The molecular weight excluding hydrogens is 172 g/mol. The Bertz CT molecular complexity index is 419. The van der Waals surface area contributed by atoms with Crippen molar-refractivity contribution in [2.75, 3.05) is 0 Å². The van der Waals surface area contributed by atoms with Crippen LogP contribution in [0.25, 0.3) is 11.3 Å². The van der Waals surface area contributed by atoms with Gasteiger partial charge in [0.2, 0.25) is 0 Å². The summed E-state index contributed by atoms with van der Waals surface area (Å²) in [5, 5.41) is 3.92. The van der Waals surface area contributed by atoms with Crippen molar-refractivity contribution in [1.82, 2.24) is 9.97 Å². The normalized spacial score (nSPS) is 10.0. The minimum absolute atomic E-state index is 0.119. The Balaban J connectivity index is 2.55. The van der Waals surface area contributed by atoms with Gasteiger partial charge in [-0.05, 0) is 11.4 Å². The zero-order valence-electron chi connectivity index (χ0n) is 6.15. The topological polar surface area (TPSA) is 45.8 Å². The van der Waals surface area contributed by atoms with Gasteiger partial charge in [-0.2, -0.15) is 11.3 Å². The van der Waals surface area contributed by atoms with Gasteiger partial charge in [-0.1, -0.05) is 0 Å². The second-order valence-electron chi connectivity index (χ2n) is 2.31. The molecule has 0 aromatic carbocycles. The average Bonchev–Trinajstić information content (AvgIpc) is 2.56. The van der Waals surface area contributed by atoms with Crippen molar-refractivity contribution in [3.8, 4) is 11.3 Å². The maximum atomic E-state index is 10.9. The van der Waals surface area contributed by atoms with E-state index in [0.29, 0.717) is 0 Å². The summed E-state index contributed by atoms with van der Waals surface area (Å²) in [5.74, 6) is 0. The Morgan fingerprint density at radius 3 is 3.08 bits per heavy atom. The summed E-state index contributed by atoms with van der Waals surface area (Å²) in [5.41, 5.74) is 1.59. The van der Waals surface area contributed by atoms with Crippen LogP contribution >= 0.6 is 11.3 Å². The highest BCUT2D eigenvalue weighted by atomic mass is 32.1. The van der Waals surface area contributed by atoms with Crippen molar-refractivity contribution in [1.29, 1.82) is 0 Å². The van der Waals surface area contributed by atoms with Gasteiger partial charge in [0.05, 0.1) is 12.0 Å². The summed E-state index contributed by atoms with van der Waals surface area (Å²) in [7, 11) is 0. The maximum absolute atomic E-state index is 10.9. The van der Waals surface area contributed by atoms with Gasteiger partial charge in [0, 0.05) is 17.0 Å². The summed E-state index contributed by atoms with van der Waals surface area (Å²) < 4.78 is 0. The molecule has 12 heavy (non-hydrogen) atoms. The number of aromatic nitrogens is 2. The van der Waals surface area contributed by atoms with Crippen LogP contribution in [0.15, 0.2) is 34.0 Å². The van der Waals surface area contributed by atoms with Crippen LogP contribution in [-0.2, 0) is 0 Å². The van der Waals surface area contributed by atoms with E-state index in [-0.39, 0.29) is 5.56 Å². The predicted octanol–water partition coefficient (Wildman–Crippen LogP) is 1.50. The molecule has 2 aromatic heterocycles. The van der Waals surface area contributed by atoms with Gasteiger partial charge >= 0.3 is 0 Å². The van der Waals surface area contributed by atoms with E-state index in [1.54, 1.807) is 11.3 Å². The third-order valence-corrected chi connectivity index (χ3v) is 2.18. The van der Waals surface area contributed by atoms with Gasteiger partial charge in [-0.15, -0.1) is 0 Å². The fraction of sp³-hybridized carbons (Fsp3) is 0. The number of hydrogen-bond donors (Lipinski definition) is 1. The van der Waals surface area contributed by atoms with Crippen molar-refractivity contribution < 1.29 is 0 Å². The SMILES string of the molecule is O=c1cc(-c2ccsc2)nc[nH]1. The largest absolute Gasteiger partial charge is 0.313 e. The first-order valence-corrected chi connectivity index (χ1v) is 4.38. The molecule has 0 fully saturated rings. The highest BCUT2D eigenvalue weighted by Crippen LogP contribution is 2.17. The standard InChI is InChI=1S/C8H6N2OS/c11-8-3-7(9-5-10-8)6-1-2-12-4-6/h1-5H,(H,9,10,11). The lowest BCUT2D eigenvalue weighted by molar-refractivity contribution is 1.12. The van der Waals surface area contributed by atoms with Gasteiger partial charge < -0.3 is 4.98 Å². The summed E-state index contributed by atoms with van der Waals surface area (Å²) >= 11 is 1.59. The lowest BCUT2D eigenvalue weighted by Crippen LogP contribution is -2.03. The first-order valence-electron chi connectivity index (χ1n) is 3.43. The number of H-pyrrole nitrogens is 1. The van der Waals surface area contributed by atoms with Crippen LogP contribution < -0.4 is 5.56 Å². The fourth-order valence-electron chi connectivity index (χ4n) is 0.937. The summed E-state index contributed by atoms with van der Waals surface area (Å²) in [4.78, 5) is 17.4. The van der Waals surface area contributed by atoms with E-state index in [4.69, 9.17) is 0 Å². The van der Waals surface area contributed by atoms with Crippen LogP contribution in [0.2, 0.25) is 0 Å². The van der Waals surface area contributed by atoms with Crippen molar-refractivity contribution >= 4 is 11.3 Å². The molecule has 60 valence electrons. The lowest BCUT2D eigenvalue weighted by Gasteiger charge is -1.92. The number of nitrogens with zero attached hydrogens (tertiary/aromatic N) is 1. The number of thiophene rings is 1. The molecule has 2 heterocycles. The van der Waals surface area contributed by atoms with Crippen molar-refractivity contribution in [2.45, 2.75) is 0 Å². The number of nitrogens with one attached hydrogen (secondary N) is 1. The van der Waals surface area contributed by atoms with E-state index in [1.807, 2.05) is 16.8 Å². The van der Waals surface area contributed by atoms with Crippen LogP contribution in [0.5, 0.6) is 0 Å². The van der Waals surface area contributed by atoms with Gasteiger partial charge in [-0.25, -0.2) is 4.98 Å². The van der Waals surface area contributed by atoms with Crippen LogP contribution in [0, 0.1) is 0 Å². The number of aromatic amines is 1. The van der Waals surface area contributed by atoms with Crippen LogP contribution in [0.4, 0.5) is 0 Å². The second-order valence-corrected chi connectivity index (χ2v) is 3.09. The van der Waals surface area contributed by atoms with Gasteiger partial charge in [0.1, 0.15) is 0 Å². The molecule has 4 heteroatoms. The minimum atomic E-state index is -0.119. The molecule has 0 aliphatic rings. The first-order chi connectivity index (χ1) is 5.86. The molecule has 0 atom stereocenters. The molecule has 1 N–H and O–H groups in total. The molecule has 0 amide bonds. The Morgan fingerprint density at radius 2 is 2.42 bits per heavy atom. The molecular formula is C8H6N2OS. The van der Waals surface area contributed by atoms with E-state index < -0.39 is 0 Å². The van der Waals surface area contributed by atoms with Gasteiger partial charge in [-0.3, -0.25) is 4.79 Å². The van der Waals surface area contributed by atoms with Crippen LogP contribution in [-0.4, -0.2) is 9.97 Å².